The molecule has 0 aliphatic rings. The first-order valence-electron chi connectivity index (χ1n) is 3.30. The van der Waals surface area contributed by atoms with Crippen molar-refractivity contribution in [1.82, 2.24) is 10.2 Å². The molecule has 0 aliphatic carbocycles. The van der Waals surface area contributed by atoms with E-state index in [1.807, 2.05) is 0 Å². The molecule has 1 aromatic rings. The Balaban J connectivity index is 2.91. The van der Waals surface area contributed by atoms with Gasteiger partial charge in [0.2, 0.25) is 0 Å². The third-order valence-corrected chi connectivity index (χ3v) is 1.26. The summed E-state index contributed by atoms with van der Waals surface area (Å²) in [4.78, 5) is 9.79. The SMILES string of the molecule is NC/C=C/c1cn[nH]c1[N+](=O)[O-]. The van der Waals surface area contributed by atoms with Crippen LogP contribution in [0, 0.1) is 10.1 Å². The Morgan fingerprint density at radius 1 is 1.83 bits per heavy atom. The highest BCUT2D eigenvalue weighted by atomic mass is 16.6. The van der Waals surface area contributed by atoms with Crippen LogP contribution < -0.4 is 5.73 Å². The summed E-state index contributed by atoms with van der Waals surface area (Å²) >= 11 is 0. The molecule has 3 N–H and O–H groups in total. The first-order chi connectivity index (χ1) is 5.75. The van der Waals surface area contributed by atoms with Crippen LogP contribution in [0.1, 0.15) is 5.56 Å². The predicted molar refractivity (Wildman–Crippen MR) is 43.3 cm³/mol. The van der Waals surface area contributed by atoms with Gasteiger partial charge in [0.05, 0.1) is 11.8 Å². The van der Waals surface area contributed by atoms with Crippen LogP contribution in [-0.2, 0) is 0 Å². The third kappa shape index (κ3) is 1.67. The van der Waals surface area contributed by atoms with Gasteiger partial charge >= 0.3 is 5.82 Å². The van der Waals surface area contributed by atoms with Crippen molar-refractivity contribution < 1.29 is 4.92 Å². The normalized spacial score (nSPS) is 10.8. The largest absolute Gasteiger partial charge is 0.358 e. The van der Waals surface area contributed by atoms with Crippen LogP contribution in [0.25, 0.3) is 6.08 Å². The van der Waals surface area contributed by atoms with Crippen molar-refractivity contribution in [2.24, 2.45) is 5.73 Å². The van der Waals surface area contributed by atoms with Crippen molar-refractivity contribution in [3.05, 3.63) is 28.0 Å². The maximum Gasteiger partial charge on any atom is 0.349 e. The molecule has 0 saturated heterocycles. The molecule has 0 fully saturated rings. The minimum Gasteiger partial charge on any atom is -0.358 e. The summed E-state index contributed by atoms with van der Waals surface area (Å²) in [6, 6.07) is 0. The average Bonchev–Trinajstić information content (AvgIpc) is 2.48. The van der Waals surface area contributed by atoms with Gasteiger partial charge in [-0.3, -0.25) is 0 Å². The predicted octanol–water partition coefficient (Wildman–Crippen LogP) is 0.290. The van der Waals surface area contributed by atoms with Gasteiger partial charge in [-0.2, -0.15) is 0 Å². The highest BCUT2D eigenvalue weighted by Crippen LogP contribution is 2.14. The van der Waals surface area contributed by atoms with E-state index in [1.54, 1.807) is 12.2 Å². The molecule has 0 bridgehead atoms. The zero-order valence-corrected chi connectivity index (χ0v) is 6.23. The van der Waals surface area contributed by atoms with Gasteiger partial charge in [0.15, 0.2) is 0 Å². The van der Waals surface area contributed by atoms with E-state index in [9.17, 15) is 10.1 Å². The minimum atomic E-state index is -0.525. The lowest BCUT2D eigenvalue weighted by molar-refractivity contribution is -0.389. The van der Waals surface area contributed by atoms with Crippen LogP contribution in [0.15, 0.2) is 12.3 Å². The number of nitrogens with one attached hydrogen (secondary N) is 1. The quantitative estimate of drug-likeness (QED) is 0.500. The van der Waals surface area contributed by atoms with Crippen molar-refractivity contribution in [2.75, 3.05) is 6.54 Å². The molecule has 6 nitrogen and oxygen atoms in total. The zero-order chi connectivity index (χ0) is 8.97. The summed E-state index contributed by atoms with van der Waals surface area (Å²) in [5.41, 5.74) is 5.62. The summed E-state index contributed by atoms with van der Waals surface area (Å²) in [5, 5.41) is 16.1. The zero-order valence-electron chi connectivity index (χ0n) is 6.23. The topological polar surface area (TPSA) is 97.8 Å². The standard InChI is InChI=1S/C6H8N4O2/c7-3-1-2-5-4-8-9-6(5)10(11)12/h1-2,4H,3,7H2,(H,8,9)/b2-1+. The monoisotopic (exact) mass is 168 g/mol. The van der Waals surface area contributed by atoms with E-state index in [2.05, 4.69) is 10.2 Å². The Morgan fingerprint density at radius 3 is 3.17 bits per heavy atom. The fourth-order valence-corrected chi connectivity index (χ4v) is 0.752. The molecule has 0 aliphatic heterocycles. The van der Waals surface area contributed by atoms with Gasteiger partial charge in [-0.05, 0) is 11.0 Å². The number of H-pyrrole nitrogens is 1. The van der Waals surface area contributed by atoms with Crippen LogP contribution >= 0.6 is 0 Å². The second-order valence-corrected chi connectivity index (χ2v) is 2.07. The van der Waals surface area contributed by atoms with E-state index in [0.29, 0.717) is 12.1 Å². The van der Waals surface area contributed by atoms with E-state index in [1.165, 1.54) is 6.20 Å². The number of aromatic nitrogens is 2. The number of hydrogen-bond acceptors (Lipinski definition) is 4. The summed E-state index contributed by atoms with van der Waals surface area (Å²) in [6.07, 6.45) is 4.56. The Kier molecular flexibility index (Phi) is 2.54. The summed E-state index contributed by atoms with van der Waals surface area (Å²) < 4.78 is 0. The molecule has 1 rings (SSSR count). The second-order valence-electron chi connectivity index (χ2n) is 2.07. The van der Waals surface area contributed by atoms with E-state index in [0.717, 1.165) is 0 Å². The van der Waals surface area contributed by atoms with E-state index < -0.39 is 4.92 Å². The van der Waals surface area contributed by atoms with Crippen molar-refractivity contribution in [1.29, 1.82) is 0 Å². The molecule has 0 aromatic carbocycles. The molecule has 1 heterocycles. The number of nitro groups is 1. The second kappa shape index (κ2) is 3.63. The molecule has 12 heavy (non-hydrogen) atoms. The minimum absolute atomic E-state index is 0.111. The van der Waals surface area contributed by atoms with E-state index in [-0.39, 0.29) is 5.82 Å². The van der Waals surface area contributed by atoms with Crippen LogP contribution in [0.4, 0.5) is 5.82 Å². The third-order valence-electron chi connectivity index (χ3n) is 1.26. The molecular weight excluding hydrogens is 160 g/mol. The van der Waals surface area contributed by atoms with Gasteiger partial charge in [-0.25, -0.2) is 0 Å². The molecule has 0 radical (unpaired) electrons. The van der Waals surface area contributed by atoms with Crippen molar-refractivity contribution in [3.63, 3.8) is 0 Å². The maximum atomic E-state index is 10.3. The number of aromatic amines is 1. The van der Waals surface area contributed by atoms with Crippen LogP contribution in [0.5, 0.6) is 0 Å². The summed E-state index contributed by atoms with van der Waals surface area (Å²) in [6.45, 7) is 0.350. The molecule has 0 atom stereocenters. The van der Waals surface area contributed by atoms with Gasteiger partial charge < -0.3 is 15.8 Å². The smallest absolute Gasteiger partial charge is 0.349 e. The number of nitrogens with two attached hydrogens (primary N) is 1. The fourth-order valence-electron chi connectivity index (χ4n) is 0.752. The molecule has 0 saturated carbocycles. The Morgan fingerprint density at radius 2 is 2.58 bits per heavy atom. The number of hydrogen-bond donors (Lipinski definition) is 2. The lowest BCUT2D eigenvalue weighted by atomic mass is 10.3. The lowest BCUT2D eigenvalue weighted by Crippen LogP contribution is -1.93. The number of nitrogens with zero attached hydrogens (tertiary/aromatic N) is 2. The van der Waals surface area contributed by atoms with Crippen LogP contribution in [0.3, 0.4) is 0 Å². The summed E-state index contributed by atoms with van der Waals surface area (Å²) in [5.74, 6) is -0.111. The van der Waals surface area contributed by atoms with E-state index in [4.69, 9.17) is 5.73 Å². The van der Waals surface area contributed by atoms with Gasteiger partial charge in [0, 0.05) is 6.54 Å². The first-order valence-corrected chi connectivity index (χ1v) is 3.30. The van der Waals surface area contributed by atoms with Crippen molar-refractivity contribution in [2.45, 2.75) is 0 Å². The summed E-state index contributed by atoms with van der Waals surface area (Å²) in [7, 11) is 0. The van der Waals surface area contributed by atoms with Gasteiger partial charge in [0.1, 0.15) is 0 Å². The van der Waals surface area contributed by atoms with Crippen LogP contribution in [0.2, 0.25) is 0 Å². The molecule has 0 spiro atoms. The lowest BCUT2D eigenvalue weighted by Gasteiger charge is -1.89. The van der Waals surface area contributed by atoms with Crippen LogP contribution in [-0.4, -0.2) is 21.7 Å². The van der Waals surface area contributed by atoms with Crippen molar-refractivity contribution in [3.8, 4) is 0 Å². The molecule has 0 amide bonds. The Hall–Kier alpha value is -1.69. The van der Waals surface area contributed by atoms with Gasteiger partial charge in [-0.1, -0.05) is 11.2 Å². The Bertz CT molecular complexity index is 304. The Labute approximate surface area is 68.2 Å². The molecule has 0 unspecified atom stereocenters. The van der Waals surface area contributed by atoms with Crippen molar-refractivity contribution >= 4 is 11.9 Å². The molecular formula is C6H8N4O2. The first kappa shape index (κ1) is 8.41. The van der Waals surface area contributed by atoms with E-state index >= 15 is 0 Å². The highest BCUT2D eigenvalue weighted by molar-refractivity contribution is 5.56. The number of rotatable bonds is 3. The molecule has 64 valence electrons. The molecule has 1 aromatic heterocycles. The fraction of sp³-hybridized carbons (Fsp3) is 0.167. The maximum absolute atomic E-state index is 10.3. The van der Waals surface area contributed by atoms with Gasteiger partial charge in [-0.15, -0.1) is 5.10 Å². The molecule has 6 heteroatoms. The average molecular weight is 168 g/mol. The van der Waals surface area contributed by atoms with Gasteiger partial charge in [0.25, 0.3) is 0 Å². The highest BCUT2D eigenvalue weighted by Gasteiger charge is 2.10.